The van der Waals surface area contributed by atoms with Gasteiger partial charge in [0.05, 0.1) is 12.7 Å². The summed E-state index contributed by atoms with van der Waals surface area (Å²) < 4.78 is 20.6. The van der Waals surface area contributed by atoms with E-state index in [0.29, 0.717) is 11.5 Å². The summed E-state index contributed by atoms with van der Waals surface area (Å²) in [7, 11) is 0. The molecule has 0 bridgehead atoms. The lowest BCUT2D eigenvalue weighted by atomic mass is 9.86. The van der Waals surface area contributed by atoms with Crippen molar-refractivity contribution in [2.75, 3.05) is 6.61 Å². The van der Waals surface area contributed by atoms with Crippen molar-refractivity contribution in [2.24, 2.45) is 0 Å². The molecule has 2 heteroatoms. The summed E-state index contributed by atoms with van der Waals surface area (Å²) in [6.45, 7) is 13.3. The van der Waals surface area contributed by atoms with E-state index < -0.39 is 6.17 Å². The third kappa shape index (κ3) is 4.99. The number of hydrogen-bond donors (Lipinski definition) is 0. The first-order chi connectivity index (χ1) is 12.6. The third-order valence-electron chi connectivity index (χ3n) is 5.48. The molecule has 0 amide bonds. The maximum atomic E-state index is 14.7. The van der Waals surface area contributed by atoms with Gasteiger partial charge >= 0.3 is 0 Å². The average molecular weight is 369 g/mol. The first kappa shape index (κ1) is 20.1. The van der Waals surface area contributed by atoms with Crippen molar-refractivity contribution in [1.29, 1.82) is 0 Å². The van der Waals surface area contributed by atoms with E-state index >= 15 is 0 Å². The molecule has 1 aliphatic rings. The van der Waals surface area contributed by atoms with Gasteiger partial charge in [-0.1, -0.05) is 90.1 Å². The predicted molar refractivity (Wildman–Crippen MR) is 111 cm³/mol. The minimum atomic E-state index is -1.07. The Labute approximate surface area is 164 Å². The maximum absolute atomic E-state index is 14.7. The van der Waals surface area contributed by atoms with Crippen LogP contribution in [0.15, 0.2) is 48.5 Å². The van der Waals surface area contributed by atoms with Crippen LogP contribution in [0.5, 0.6) is 0 Å². The SMILES string of the molecule is CC(C)(C)c1cccc(C(F)COC2CC2c2cccc(C(C)(C)C)c2)c1. The molecule has 1 fully saturated rings. The van der Waals surface area contributed by atoms with Gasteiger partial charge in [0.15, 0.2) is 0 Å². The Kier molecular flexibility index (Phi) is 5.49. The van der Waals surface area contributed by atoms with Crippen LogP contribution in [0.4, 0.5) is 4.39 Å². The lowest BCUT2D eigenvalue weighted by Crippen LogP contribution is -2.12. The Morgan fingerprint density at radius 1 is 0.926 bits per heavy atom. The molecule has 0 aromatic heterocycles. The number of halogens is 1. The summed E-state index contributed by atoms with van der Waals surface area (Å²) >= 11 is 0. The summed E-state index contributed by atoms with van der Waals surface area (Å²) in [4.78, 5) is 0. The van der Waals surface area contributed by atoms with Crippen molar-refractivity contribution < 1.29 is 9.13 Å². The van der Waals surface area contributed by atoms with E-state index in [2.05, 4.69) is 71.9 Å². The number of ether oxygens (including phenoxy) is 1. The van der Waals surface area contributed by atoms with Crippen LogP contribution in [0.1, 0.15) is 82.3 Å². The molecule has 1 saturated carbocycles. The second-order valence-corrected chi connectivity index (χ2v) is 9.93. The second kappa shape index (κ2) is 7.39. The molecular weight excluding hydrogens is 335 g/mol. The van der Waals surface area contributed by atoms with Crippen molar-refractivity contribution in [3.8, 4) is 0 Å². The fraction of sp³-hybridized carbons (Fsp3) is 0.520. The molecule has 0 saturated heterocycles. The van der Waals surface area contributed by atoms with E-state index in [1.807, 2.05) is 18.2 Å². The summed E-state index contributed by atoms with van der Waals surface area (Å²) in [5, 5.41) is 0. The van der Waals surface area contributed by atoms with Gasteiger partial charge < -0.3 is 4.74 Å². The smallest absolute Gasteiger partial charge is 0.148 e. The molecule has 0 aliphatic heterocycles. The van der Waals surface area contributed by atoms with Crippen LogP contribution in [-0.4, -0.2) is 12.7 Å². The number of rotatable bonds is 5. The molecule has 3 atom stereocenters. The van der Waals surface area contributed by atoms with Crippen LogP contribution in [0, 0.1) is 0 Å². The lowest BCUT2D eigenvalue weighted by Gasteiger charge is -2.20. The molecule has 2 aromatic carbocycles. The second-order valence-electron chi connectivity index (χ2n) is 9.93. The Hall–Kier alpha value is -1.67. The van der Waals surface area contributed by atoms with Crippen molar-refractivity contribution in [2.45, 2.75) is 77.0 Å². The summed E-state index contributed by atoms with van der Waals surface area (Å²) in [6.07, 6.45) is 0.0567. The van der Waals surface area contributed by atoms with Crippen LogP contribution in [0.25, 0.3) is 0 Å². The molecule has 0 spiro atoms. The van der Waals surface area contributed by atoms with E-state index in [1.165, 1.54) is 11.1 Å². The van der Waals surface area contributed by atoms with Gasteiger partial charge in [-0.3, -0.25) is 0 Å². The quantitative estimate of drug-likeness (QED) is 0.560. The van der Waals surface area contributed by atoms with E-state index in [0.717, 1.165) is 12.0 Å². The van der Waals surface area contributed by atoms with Gasteiger partial charge in [0.1, 0.15) is 6.17 Å². The Balaban J connectivity index is 1.58. The Morgan fingerprint density at radius 2 is 1.52 bits per heavy atom. The topological polar surface area (TPSA) is 9.23 Å². The van der Waals surface area contributed by atoms with Crippen LogP contribution < -0.4 is 0 Å². The predicted octanol–water partition coefficient (Wildman–Crippen LogP) is 6.86. The minimum absolute atomic E-state index is 0.0241. The first-order valence-electron chi connectivity index (χ1n) is 10.0. The number of benzene rings is 2. The third-order valence-corrected chi connectivity index (χ3v) is 5.48. The molecule has 27 heavy (non-hydrogen) atoms. The van der Waals surface area contributed by atoms with Gasteiger partial charge in [0, 0.05) is 5.92 Å². The monoisotopic (exact) mass is 368 g/mol. The largest absolute Gasteiger partial charge is 0.374 e. The van der Waals surface area contributed by atoms with Gasteiger partial charge in [-0.15, -0.1) is 0 Å². The highest BCUT2D eigenvalue weighted by Crippen LogP contribution is 2.44. The van der Waals surface area contributed by atoms with E-state index in [9.17, 15) is 4.39 Å². The van der Waals surface area contributed by atoms with E-state index in [-0.39, 0.29) is 23.5 Å². The summed E-state index contributed by atoms with van der Waals surface area (Å²) in [6, 6.07) is 16.6. The molecular formula is C25H33FO. The summed E-state index contributed by atoms with van der Waals surface area (Å²) in [5.41, 5.74) is 4.70. The normalized spacial score (nSPS) is 21.1. The Bertz CT molecular complexity index is 781. The minimum Gasteiger partial charge on any atom is -0.374 e. The average Bonchev–Trinajstić information content (AvgIpc) is 3.38. The van der Waals surface area contributed by atoms with Gasteiger partial charge in [-0.2, -0.15) is 0 Å². The summed E-state index contributed by atoms with van der Waals surface area (Å²) in [5.74, 6) is 0.403. The highest BCUT2D eigenvalue weighted by Gasteiger charge is 2.40. The Morgan fingerprint density at radius 3 is 2.15 bits per heavy atom. The molecule has 0 heterocycles. The number of alkyl halides is 1. The fourth-order valence-corrected chi connectivity index (χ4v) is 3.45. The zero-order chi connectivity index (χ0) is 19.8. The molecule has 1 aliphatic carbocycles. The van der Waals surface area contributed by atoms with E-state index in [4.69, 9.17) is 4.74 Å². The highest BCUT2D eigenvalue weighted by molar-refractivity contribution is 5.34. The van der Waals surface area contributed by atoms with Crippen molar-refractivity contribution in [3.63, 3.8) is 0 Å². The van der Waals surface area contributed by atoms with Gasteiger partial charge in [0.2, 0.25) is 0 Å². The molecule has 0 N–H and O–H groups in total. The fourth-order valence-electron chi connectivity index (χ4n) is 3.45. The molecule has 3 rings (SSSR count). The zero-order valence-corrected chi connectivity index (χ0v) is 17.6. The van der Waals surface area contributed by atoms with Gasteiger partial charge in [0.25, 0.3) is 0 Å². The molecule has 0 radical (unpaired) electrons. The van der Waals surface area contributed by atoms with Gasteiger partial charge in [-0.25, -0.2) is 4.39 Å². The van der Waals surface area contributed by atoms with Crippen molar-refractivity contribution in [3.05, 3.63) is 70.8 Å². The van der Waals surface area contributed by atoms with Gasteiger partial charge in [-0.05, 0) is 39.5 Å². The zero-order valence-electron chi connectivity index (χ0n) is 17.6. The molecule has 146 valence electrons. The molecule has 3 unspecified atom stereocenters. The van der Waals surface area contributed by atoms with Crippen LogP contribution in [-0.2, 0) is 15.6 Å². The van der Waals surface area contributed by atoms with Crippen molar-refractivity contribution in [1.82, 2.24) is 0 Å². The van der Waals surface area contributed by atoms with E-state index in [1.54, 1.807) is 0 Å². The van der Waals surface area contributed by atoms with Crippen LogP contribution in [0.2, 0.25) is 0 Å². The van der Waals surface area contributed by atoms with Crippen LogP contribution >= 0.6 is 0 Å². The molecule has 1 nitrogen and oxygen atoms in total. The standard InChI is InChI=1S/C25H33FO/c1-24(2,3)19-11-7-9-17(13-19)21-15-23(21)27-16-22(26)18-10-8-12-20(14-18)25(4,5)6/h7-14,21-23H,15-16H2,1-6H3. The first-order valence-corrected chi connectivity index (χ1v) is 10.0. The number of hydrogen-bond acceptors (Lipinski definition) is 1. The van der Waals surface area contributed by atoms with Crippen molar-refractivity contribution >= 4 is 0 Å². The molecule has 2 aromatic rings. The van der Waals surface area contributed by atoms with Crippen LogP contribution in [0.3, 0.4) is 0 Å². The lowest BCUT2D eigenvalue weighted by molar-refractivity contribution is 0.0658. The highest BCUT2D eigenvalue weighted by atomic mass is 19.1. The maximum Gasteiger partial charge on any atom is 0.148 e.